The maximum atomic E-state index is 11.3. The van der Waals surface area contributed by atoms with Crippen LogP contribution in [0, 0.1) is 6.92 Å². The molecule has 0 radical (unpaired) electrons. The van der Waals surface area contributed by atoms with Crippen LogP contribution in [0.25, 0.3) is 17.1 Å². The first kappa shape index (κ1) is 15.3. The van der Waals surface area contributed by atoms with Gasteiger partial charge in [-0.3, -0.25) is 24.8 Å². The summed E-state index contributed by atoms with van der Waals surface area (Å²) < 4.78 is 1.82. The molecular formula is C18H18N6O. The molecule has 0 bridgehead atoms. The van der Waals surface area contributed by atoms with E-state index in [1.807, 2.05) is 53.1 Å². The van der Waals surface area contributed by atoms with E-state index in [1.165, 1.54) is 0 Å². The first-order chi connectivity index (χ1) is 12.3. The van der Waals surface area contributed by atoms with E-state index in [4.69, 9.17) is 5.10 Å². The number of hydrazine groups is 1. The molecule has 0 saturated carbocycles. The Hall–Kier alpha value is -3.22. The molecule has 0 aliphatic carbocycles. The molecular weight excluding hydrogens is 316 g/mol. The average Bonchev–Trinajstić information content (AvgIpc) is 3.29. The summed E-state index contributed by atoms with van der Waals surface area (Å²) in [5.41, 5.74) is 3.64. The highest BCUT2D eigenvalue weighted by atomic mass is 16.2. The number of hydrogen-bond acceptors (Lipinski definition) is 5. The van der Waals surface area contributed by atoms with Gasteiger partial charge in [0.05, 0.1) is 23.3 Å². The van der Waals surface area contributed by atoms with Crippen LogP contribution in [0.3, 0.4) is 0 Å². The summed E-state index contributed by atoms with van der Waals surface area (Å²) in [6, 6.07) is 9.78. The Labute approximate surface area is 145 Å². The summed E-state index contributed by atoms with van der Waals surface area (Å²) in [6.07, 6.45) is 7.10. The van der Waals surface area contributed by atoms with Crippen LogP contribution in [0.1, 0.15) is 12.0 Å². The number of anilines is 1. The van der Waals surface area contributed by atoms with E-state index in [0.29, 0.717) is 6.54 Å². The minimum absolute atomic E-state index is 0.710. The Kier molecular flexibility index (Phi) is 3.89. The van der Waals surface area contributed by atoms with Gasteiger partial charge < -0.3 is 0 Å². The van der Waals surface area contributed by atoms with Crippen molar-refractivity contribution >= 4 is 12.2 Å². The third-order valence-electron chi connectivity index (χ3n) is 4.21. The Morgan fingerprint density at radius 3 is 2.80 bits per heavy atom. The van der Waals surface area contributed by atoms with Crippen LogP contribution in [0.2, 0.25) is 0 Å². The molecule has 4 heterocycles. The summed E-state index contributed by atoms with van der Waals surface area (Å²) in [4.78, 5) is 20.0. The van der Waals surface area contributed by atoms with Crippen LogP contribution in [0.15, 0.2) is 48.9 Å². The highest BCUT2D eigenvalue weighted by Gasteiger charge is 2.25. The second-order valence-corrected chi connectivity index (χ2v) is 5.98. The van der Waals surface area contributed by atoms with Crippen molar-refractivity contribution in [3.8, 4) is 17.1 Å². The second kappa shape index (κ2) is 6.35. The smallest absolute Gasteiger partial charge is 0.228 e. The fourth-order valence-corrected chi connectivity index (χ4v) is 2.96. The first-order valence-corrected chi connectivity index (χ1v) is 8.19. The van der Waals surface area contributed by atoms with Gasteiger partial charge in [-0.1, -0.05) is 6.07 Å². The van der Waals surface area contributed by atoms with Crippen LogP contribution < -0.4 is 5.01 Å². The van der Waals surface area contributed by atoms with E-state index in [0.717, 1.165) is 47.8 Å². The van der Waals surface area contributed by atoms with Gasteiger partial charge in [0, 0.05) is 31.5 Å². The minimum Gasteiger partial charge on any atom is -0.277 e. The SMILES string of the molecule is Cc1ccc(-c2cc(N3CCCN3C=O)nn2-c2cccnc2)nc1. The average molecular weight is 334 g/mol. The van der Waals surface area contributed by atoms with Gasteiger partial charge in [0.15, 0.2) is 5.82 Å². The number of rotatable bonds is 4. The second-order valence-electron chi connectivity index (χ2n) is 5.98. The van der Waals surface area contributed by atoms with Crippen LogP contribution in [0.4, 0.5) is 5.82 Å². The maximum Gasteiger partial charge on any atom is 0.228 e. The quantitative estimate of drug-likeness (QED) is 0.685. The van der Waals surface area contributed by atoms with Crippen molar-refractivity contribution in [2.45, 2.75) is 13.3 Å². The van der Waals surface area contributed by atoms with Gasteiger partial charge in [-0.25, -0.2) is 4.68 Å². The Morgan fingerprint density at radius 2 is 2.08 bits per heavy atom. The Morgan fingerprint density at radius 1 is 1.16 bits per heavy atom. The number of carbonyl (C=O) groups excluding carboxylic acids is 1. The van der Waals surface area contributed by atoms with Gasteiger partial charge in [-0.15, -0.1) is 5.10 Å². The minimum atomic E-state index is 0.710. The van der Waals surface area contributed by atoms with E-state index in [-0.39, 0.29) is 0 Å². The molecule has 4 rings (SSSR count). The molecule has 25 heavy (non-hydrogen) atoms. The van der Waals surface area contributed by atoms with Crippen molar-refractivity contribution < 1.29 is 4.79 Å². The molecule has 1 saturated heterocycles. The molecule has 7 heteroatoms. The summed E-state index contributed by atoms with van der Waals surface area (Å²) >= 11 is 0. The van der Waals surface area contributed by atoms with Crippen LogP contribution in [-0.4, -0.2) is 44.3 Å². The lowest BCUT2D eigenvalue weighted by molar-refractivity contribution is -0.117. The number of hydrogen-bond donors (Lipinski definition) is 0. The molecule has 0 spiro atoms. The molecule has 3 aromatic heterocycles. The third-order valence-corrected chi connectivity index (χ3v) is 4.21. The van der Waals surface area contributed by atoms with Crippen LogP contribution in [0.5, 0.6) is 0 Å². The van der Waals surface area contributed by atoms with Gasteiger partial charge in [0.25, 0.3) is 0 Å². The van der Waals surface area contributed by atoms with Gasteiger partial charge in [0.2, 0.25) is 6.41 Å². The van der Waals surface area contributed by atoms with E-state index < -0.39 is 0 Å². The molecule has 0 aromatic carbocycles. The maximum absolute atomic E-state index is 11.3. The largest absolute Gasteiger partial charge is 0.277 e. The third kappa shape index (κ3) is 2.84. The molecule has 1 aliphatic rings. The summed E-state index contributed by atoms with van der Waals surface area (Å²) in [6.45, 7) is 3.48. The number of pyridine rings is 2. The molecule has 0 N–H and O–H groups in total. The topological polar surface area (TPSA) is 67.2 Å². The first-order valence-electron chi connectivity index (χ1n) is 8.19. The number of nitrogens with zero attached hydrogens (tertiary/aromatic N) is 6. The molecule has 1 fully saturated rings. The molecule has 7 nitrogen and oxygen atoms in total. The highest BCUT2D eigenvalue weighted by molar-refractivity contribution is 5.64. The fraction of sp³-hybridized carbons (Fsp3) is 0.222. The van der Waals surface area contributed by atoms with Crippen LogP contribution >= 0.6 is 0 Å². The van der Waals surface area contributed by atoms with Crippen molar-refractivity contribution in [3.63, 3.8) is 0 Å². The van der Waals surface area contributed by atoms with Crippen molar-refractivity contribution in [1.29, 1.82) is 0 Å². The summed E-state index contributed by atoms with van der Waals surface area (Å²) in [5.74, 6) is 0.728. The van der Waals surface area contributed by atoms with Crippen LogP contribution in [-0.2, 0) is 4.79 Å². The van der Waals surface area contributed by atoms with E-state index in [9.17, 15) is 4.79 Å². The number of aromatic nitrogens is 4. The monoisotopic (exact) mass is 334 g/mol. The number of amides is 1. The predicted octanol–water partition coefficient (Wildman–Crippen LogP) is 2.22. The highest BCUT2D eigenvalue weighted by Crippen LogP contribution is 2.28. The molecule has 1 amide bonds. The standard InChI is InChI=1S/C18H18N6O/c1-14-5-6-16(20-11-14)17-10-18(23-9-3-8-22(23)13-25)21-24(17)15-4-2-7-19-12-15/h2,4-7,10-13H,3,8-9H2,1H3. The van der Waals surface area contributed by atoms with Crippen molar-refractivity contribution in [1.82, 2.24) is 24.8 Å². The Balaban J connectivity index is 1.83. The molecule has 1 aliphatic heterocycles. The Bertz CT molecular complexity index is 874. The zero-order valence-corrected chi connectivity index (χ0v) is 13.9. The van der Waals surface area contributed by atoms with Crippen molar-refractivity contribution in [2.24, 2.45) is 0 Å². The van der Waals surface area contributed by atoms with E-state index >= 15 is 0 Å². The van der Waals surface area contributed by atoms with Gasteiger partial charge >= 0.3 is 0 Å². The molecule has 0 unspecified atom stereocenters. The fourth-order valence-electron chi connectivity index (χ4n) is 2.96. The lowest BCUT2D eigenvalue weighted by Crippen LogP contribution is -2.35. The van der Waals surface area contributed by atoms with Gasteiger partial charge in [-0.05, 0) is 37.1 Å². The van der Waals surface area contributed by atoms with Crippen molar-refractivity contribution in [3.05, 3.63) is 54.5 Å². The van der Waals surface area contributed by atoms with Gasteiger partial charge in [-0.2, -0.15) is 0 Å². The summed E-state index contributed by atoms with van der Waals surface area (Å²) in [5, 5.41) is 8.28. The number of carbonyl (C=O) groups is 1. The van der Waals surface area contributed by atoms with E-state index in [1.54, 1.807) is 17.4 Å². The zero-order valence-electron chi connectivity index (χ0n) is 13.9. The normalized spacial score (nSPS) is 14.1. The van der Waals surface area contributed by atoms with Gasteiger partial charge in [0.1, 0.15) is 0 Å². The number of aryl methyl sites for hydroxylation is 1. The van der Waals surface area contributed by atoms with Crippen molar-refractivity contribution in [2.75, 3.05) is 18.1 Å². The molecule has 126 valence electrons. The zero-order chi connectivity index (χ0) is 17.2. The molecule has 3 aromatic rings. The summed E-state index contributed by atoms with van der Waals surface area (Å²) in [7, 11) is 0. The lowest BCUT2D eigenvalue weighted by atomic mass is 10.2. The molecule has 0 atom stereocenters. The lowest BCUT2D eigenvalue weighted by Gasteiger charge is -2.23. The van der Waals surface area contributed by atoms with E-state index in [2.05, 4.69) is 9.97 Å². The predicted molar refractivity (Wildman–Crippen MR) is 94.1 cm³/mol.